The Morgan fingerprint density at radius 2 is 1.82 bits per heavy atom. The molecule has 0 spiro atoms. The number of rotatable bonds is 6. The Hall–Kier alpha value is -1.59. The Labute approximate surface area is 133 Å². The molecule has 1 saturated heterocycles. The molecule has 0 saturated carbocycles. The first-order valence-electron chi connectivity index (χ1n) is 8.00. The Morgan fingerprint density at radius 1 is 1.18 bits per heavy atom. The molecule has 122 valence electrons. The molecule has 0 radical (unpaired) electrons. The molecule has 1 aromatic carbocycles. The number of hydrogen-bond acceptors (Lipinski definition) is 4. The van der Waals surface area contributed by atoms with Gasteiger partial charge in [-0.15, -0.1) is 0 Å². The van der Waals surface area contributed by atoms with Crippen molar-refractivity contribution in [3.63, 3.8) is 0 Å². The third kappa shape index (κ3) is 5.66. The average molecular weight is 305 g/mol. The number of carbonyl (C=O) groups is 1. The van der Waals surface area contributed by atoms with Crippen LogP contribution in [0.5, 0.6) is 5.75 Å². The second-order valence-corrected chi connectivity index (χ2v) is 6.13. The molecule has 0 atom stereocenters. The van der Waals surface area contributed by atoms with E-state index >= 15 is 0 Å². The van der Waals surface area contributed by atoms with Crippen molar-refractivity contribution in [2.24, 2.45) is 0 Å². The van der Waals surface area contributed by atoms with Crippen LogP contribution in [0.15, 0.2) is 24.3 Å². The second kappa shape index (κ2) is 8.15. The van der Waals surface area contributed by atoms with E-state index in [2.05, 4.69) is 22.2 Å². The minimum absolute atomic E-state index is 0.0662. The molecule has 1 aliphatic heterocycles. The van der Waals surface area contributed by atoms with Gasteiger partial charge in [-0.2, -0.15) is 0 Å². The van der Waals surface area contributed by atoms with Gasteiger partial charge in [-0.25, -0.2) is 0 Å². The van der Waals surface area contributed by atoms with Crippen molar-refractivity contribution >= 4 is 11.6 Å². The van der Waals surface area contributed by atoms with Gasteiger partial charge in [0.15, 0.2) is 0 Å². The van der Waals surface area contributed by atoms with Gasteiger partial charge in [0.25, 0.3) is 0 Å². The summed E-state index contributed by atoms with van der Waals surface area (Å²) in [4.78, 5) is 16.7. The lowest BCUT2D eigenvalue weighted by atomic mass is 10.2. The van der Waals surface area contributed by atoms with Gasteiger partial charge in [0.05, 0.1) is 6.10 Å². The first kappa shape index (κ1) is 16.8. The van der Waals surface area contributed by atoms with Gasteiger partial charge in [-0.1, -0.05) is 0 Å². The number of anilines is 1. The summed E-state index contributed by atoms with van der Waals surface area (Å²) in [6.07, 6.45) is 0.692. The van der Waals surface area contributed by atoms with E-state index < -0.39 is 0 Å². The van der Waals surface area contributed by atoms with E-state index in [4.69, 9.17) is 4.74 Å². The van der Waals surface area contributed by atoms with E-state index in [0.717, 1.165) is 44.2 Å². The van der Waals surface area contributed by atoms with E-state index in [1.165, 1.54) is 0 Å². The smallest absolute Gasteiger partial charge is 0.225 e. The predicted octanol–water partition coefficient (Wildman–Crippen LogP) is 2.05. The fraction of sp³-hybridized carbons (Fsp3) is 0.588. The van der Waals surface area contributed by atoms with Gasteiger partial charge < -0.3 is 19.9 Å². The molecular formula is C17H27N3O2. The van der Waals surface area contributed by atoms with Crippen LogP contribution in [0.3, 0.4) is 0 Å². The second-order valence-electron chi connectivity index (χ2n) is 6.13. The maximum Gasteiger partial charge on any atom is 0.225 e. The van der Waals surface area contributed by atoms with E-state index in [-0.39, 0.29) is 12.0 Å². The molecule has 1 amide bonds. The normalized spacial score (nSPS) is 16.7. The molecule has 1 aliphatic rings. The van der Waals surface area contributed by atoms with Gasteiger partial charge in [0.2, 0.25) is 5.91 Å². The van der Waals surface area contributed by atoms with Crippen LogP contribution in [0.1, 0.15) is 20.3 Å². The van der Waals surface area contributed by atoms with Crippen molar-refractivity contribution in [3.8, 4) is 5.75 Å². The van der Waals surface area contributed by atoms with Gasteiger partial charge in [0, 0.05) is 44.8 Å². The number of likely N-dealkylation sites (N-methyl/N-ethyl adjacent to an activating group) is 1. The van der Waals surface area contributed by atoms with Crippen LogP contribution in [-0.4, -0.2) is 61.6 Å². The van der Waals surface area contributed by atoms with Crippen LogP contribution in [0.2, 0.25) is 0 Å². The molecule has 0 bridgehead atoms. The molecule has 5 nitrogen and oxygen atoms in total. The fourth-order valence-corrected chi connectivity index (χ4v) is 2.44. The zero-order valence-electron chi connectivity index (χ0n) is 13.8. The minimum atomic E-state index is 0.0662. The molecule has 5 heteroatoms. The number of benzene rings is 1. The maximum absolute atomic E-state index is 12.0. The lowest BCUT2D eigenvalue weighted by Crippen LogP contribution is -2.45. The number of amides is 1. The van der Waals surface area contributed by atoms with E-state index in [1.807, 2.05) is 38.1 Å². The van der Waals surface area contributed by atoms with Crippen LogP contribution < -0.4 is 10.1 Å². The summed E-state index contributed by atoms with van der Waals surface area (Å²) in [5, 5.41) is 2.94. The fourth-order valence-electron chi connectivity index (χ4n) is 2.44. The Morgan fingerprint density at radius 3 is 2.41 bits per heavy atom. The van der Waals surface area contributed by atoms with Crippen LogP contribution in [0.4, 0.5) is 5.69 Å². The van der Waals surface area contributed by atoms with E-state index in [1.54, 1.807) is 0 Å². The summed E-state index contributed by atoms with van der Waals surface area (Å²) >= 11 is 0. The lowest BCUT2D eigenvalue weighted by molar-refractivity contribution is -0.116. The molecule has 1 N–H and O–H groups in total. The number of carbonyl (C=O) groups excluding carboxylic acids is 1. The van der Waals surface area contributed by atoms with Crippen molar-refractivity contribution in [1.29, 1.82) is 0 Å². The van der Waals surface area contributed by atoms with Gasteiger partial charge in [0.1, 0.15) is 5.75 Å². The third-order valence-electron chi connectivity index (χ3n) is 3.76. The van der Waals surface area contributed by atoms with Crippen LogP contribution >= 0.6 is 0 Å². The number of nitrogens with one attached hydrogen (secondary N) is 1. The standard InChI is InChI=1S/C17H27N3O2/c1-14(2)22-16-6-4-15(5-7-16)18-17(21)8-9-20-12-10-19(3)11-13-20/h4-7,14H,8-13H2,1-3H3,(H,18,21). The molecule has 0 aromatic heterocycles. The zero-order valence-corrected chi connectivity index (χ0v) is 13.8. The highest BCUT2D eigenvalue weighted by molar-refractivity contribution is 5.90. The Balaban J connectivity index is 1.72. The summed E-state index contributed by atoms with van der Waals surface area (Å²) in [5.41, 5.74) is 0.819. The summed E-state index contributed by atoms with van der Waals surface area (Å²) in [6, 6.07) is 7.53. The van der Waals surface area contributed by atoms with Crippen molar-refractivity contribution in [1.82, 2.24) is 9.80 Å². The monoisotopic (exact) mass is 305 g/mol. The summed E-state index contributed by atoms with van der Waals surface area (Å²) < 4.78 is 5.59. The van der Waals surface area contributed by atoms with E-state index in [9.17, 15) is 4.79 Å². The first-order chi connectivity index (χ1) is 10.5. The molecule has 1 fully saturated rings. The topological polar surface area (TPSA) is 44.8 Å². The van der Waals surface area contributed by atoms with Crippen molar-refractivity contribution in [2.45, 2.75) is 26.4 Å². The summed E-state index contributed by atoms with van der Waals surface area (Å²) in [5.74, 6) is 0.891. The molecule has 0 aliphatic carbocycles. The molecule has 1 heterocycles. The number of nitrogens with zero attached hydrogens (tertiary/aromatic N) is 2. The average Bonchev–Trinajstić information content (AvgIpc) is 2.48. The highest BCUT2D eigenvalue weighted by Gasteiger charge is 2.14. The summed E-state index contributed by atoms with van der Waals surface area (Å²) in [6.45, 7) is 9.07. The van der Waals surface area contributed by atoms with Crippen molar-refractivity contribution < 1.29 is 9.53 Å². The Kier molecular flexibility index (Phi) is 6.21. The quantitative estimate of drug-likeness (QED) is 0.874. The summed E-state index contributed by atoms with van der Waals surface area (Å²) in [7, 11) is 2.14. The molecule has 1 aromatic rings. The molecule has 22 heavy (non-hydrogen) atoms. The predicted molar refractivity (Wildman–Crippen MR) is 89.4 cm³/mol. The highest BCUT2D eigenvalue weighted by Crippen LogP contribution is 2.17. The van der Waals surface area contributed by atoms with Gasteiger partial charge in [-0.3, -0.25) is 4.79 Å². The number of ether oxygens (including phenoxy) is 1. The van der Waals surface area contributed by atoms with E-state index in [0.29, 0.717) is 6.42 Å². The molecule has 2 rings (SSSR count). The maximum atomic E-state index is 12.0. The largest absolute Gasteiger partial charge is 0.491 e. The lowest BCUT2D eigenvalue weighted by Gasteiger charge is -2.32. The van der Waals surface area contributed by atoms with Crippen LogP contribution in [0.25, 0.3) is 0 Å². The Bertz CT molecular complexity index is 465. The highest BCUT2D eigenvalue weighted by atomic mass is 16.5. The third-order valence-corrected chi connectivity index (χ3v) is 3.76. The van der Waals surface area contributed by atoms with Crippen molar-refractivity contribution in [2.75, 3.05) is 45.1 Å². The first-order valence-corrected chi connectivity index (χ1v) is 8.00. The molecular weight excluding hydrogens is 278 g/mol. The van der Waals surface area contributed by atoms with Crippen molar-refractivity contribution in [3.05, 3.63) is 24.3 Å². The molecule has 0 unspecified atom stereocenters. The van der Waals surface area contributed by atoms with Crippen LogP contribution in [0, 0.1) is 0 Å². The van der Waals surface area contributed by atoms with Gasteiger partial charge in [-0.05, 0) is 45.2 Å². The SMILES string of the molecule is CC(C)Oc1ccc(NC(=O)CCN2CCN(C)CC2)cc1. The number of piperazine rings is 1. The van der Waals surface area contributed by atoms with Gasteiger partial charge >= 0.3 is 0 Å². The number of hydrogen-bond donors (Lipinski definition) is 1. The van der Waals surface area contributed by atoms with Crippen LogP contribution in [-0.2, 0) is 4.79 Å². The zero-order chi connectivity index (χ0) is 15.9. The minimum Gasteiger partial charge on any atom is -0.491 e.